The van der Waals surface area contributed by atoms with Gasteiger partial charge in [-0.1, -0.05) is 25.7 Å². The molecule has 0 radical (unpaired) electrons. The molecule has 1 saturated carbocycles. The van der Waals surface area contributed by atoms with E-state index >= 15 is 0 Å². The van der Waals surface area contributed by atoms with E-state index in [0.717, 1.165) is 26.1 Å². The molecule has 0 amide bonds. The van der Waals surface area contributed by atoms with Crippen LogP contribution in [0.15, 0.2) is 0 Å². The summed E-state index contributed by atoms with van der Waals surface area (Å²) in [6.45, 7) is 3.30. The van der Waals surface area contributed by atoms with E-state index in [1.807, 2.05) is 0 Å². The van der Waals surface area contributed by atoms with Crippen molar-refractivity contribution in [1.29, 1.82) is 0 Å². The first-order valence-electron chi connectivity index (χ1n) is 7.36. The molecule has 2 aliphatic rings. The van der Waals surface area contributed by atoms with Crippen LogP contribution >= 0.6 is 0 Å². The monoisotopic (exact) mass is 241 g/mol. The van der Waals surface area contributed by atoms with Crippen molar-refractivity contribution in [3.05, 3.63) is 0 Å². The molecule has 17 heavy (non-hydrogen) atoms. The standard InChI is InChI=1S/C14H27NO2/c16-12-13-6-5-9-15(13)10-11-17-14-7-3-1-2-4-8-14/h13-14,16H,1-12H2/t13-/m1/s1. The number of ether oxygens (including phenoxy) is 1. The molecule has 2 rings (SSSR count). The second kappa shape index (κ2) is 7.34. The lowest BCUT2D eigenvalue weighted by molar-refractivity contribution is 0.0231. The summed E-state index contributed by atoms with van der Waals surface area (Å²) in [6.07, 6.45) is 10.9. The van der Waals surface area contributed by atoms with Crippen LogP contribution in [-0.2, 0) is 4.74 Å². The molecule has 0 aromatic rings. The van der Waals surface area contributed by atoms with Gasteiger partial charge in [-0.15, -0.1) is 0 Å². The average Bonchev–Trinajstić information content (AvgIpc) is 2.64. The van der Waals surface area contributed by atoms with Crippen LogP contribution in [0.1, 0.15) is 51.4 Å². The van der Waals surface area contributed by atoms with Gasteiger partial charge >= 0.3 is 0 Å². The summed E-state index contributed by atoms with van der Waals surface area (Å²) in [4.78, 5) is 2.39. The van der Waals surface area contributed by atoms with Gasteiger partial charge in [0.15, 0.2) is 0 Å². The van der Waals surface area contributed by atoms with Crippen molar-refractivity contribution in [2.75, 3.05) is 26.3 Å². The van der Waals surface area contributed by atoms with E-state index in [9.17, 15) is 5.11 Å². The van der Waals surface area contributed by atoms with Crippen molar-refractivity contribution in [3.8, 4) is 0 Å². The largest absolute Gasteiger partial charge is 0.395 e. The van der Waals surface area contributed by atoms with Gasteiger partial charge in [-0.3, -0.25) is 4.90 Å². The molecule has 100 valence electrons. The number of hydrogen-bond acceptors (Lipinski definition) is 3. The number of aliphatic hydroxyl groups excluding tert-OH is 1. The predicted molar refractivity (Wildman–Crippen MR) is 69.1 cm³/mol. The molecule has 0 bridgehead atoms. The Balaban J connectivity index is 1.61. The Kier molecular flexibility index (Phi) is 5.75. The van der Waals surface area contributed by atoms with Crippen LogP contribution in [0.4, 0.5) is 0 Å². The van der Waals surface area contributed by atoms with Gasteiger partial charge in [0.25, 0.3) is 0 Å². The molecule has 0 aromatic carbocycles. The minimum Gasteiger partial charge on any atom is -0.395 e. The maximum atomic E-state index is 9.24. The maximum Gasteiger partial charge on any atom is 0.0597 e. The van der Waals surface area contributed by atoms with Crippen LogP contribution in [-0.4, -0.2) is 48.5 Å². The van der Waals surface area contributed by atoms with E-state index in [-0.39, 0.29) is 0 Å². The summed E-state index contributed by atoms with van der Waals surface area (Å²) < 4.78 is 5.99. The molecule has 0 spiro atoms. The zero-order valence-corrected chi connectivity index (χ0v) is 10.9. The van der Waals surface area contributed by atoms with Gasteiger partial charge in [-0.05, 0) is 32.2 Å². The Morgan fingerprint density at radius 1 is 1.00 bits per heavy atom. The first kappa shape index (κ1) is 13.3. The van der Waals surface area contributed by atoms with E-state index in [1.165, 1.54) is 44.9 Å². The van der Waals surface area contributed by atoms with Crippen LogP contribution < -0.4 is 0 Å². The summed E-state index contributed by atoms with van der Waals surface area (Å²) in [5.74, 6) is 0. The molecular formula is C14H27NO2. The lowest BCUT2D eigenvalue weighted by Gasteiger charge is -2.24. The molecule has 1 heterocycles. The van der Waals surface area contributed by atoms with Gasteiger partial charge in [-0.25, -0.2) is 0 Å². The summed E-state index contributed by atoms with van der Waals surface area (Å²) in [6, 6.07) is 0.396. The highest BCUT2D eigenvalue weighted by Gasteiger charge is 2.23. The van der Waals surface area contributed by atoms with Crippen LogP contribution in [0.25, 0.3) is 0 Å². The third-order valence-corrected chi connectivity index (χ3v) is 4.24. The van der Waals surface area contributed by atoms with Crippen LogP contribution in [0.2, 0.25) is 0 Å². The second-order valence-electron chi connectivity index (χ2n) is 5.50. The zero-order valence-electron chi connectivity index (χ0n) is 10.9. The molecule has 1 aliphatic carbocycles. The van der Waals surface area contributed by atoms with E-state index < -0.39 is 0 Å². The molecule has 3 heteroatoms. The Labute approximate surface area is 105 Å². The van der Waals surface area contributed by atoms with E-state index in [2.05, 4.69) is 4.90 Å². The average molecular weight is 241 g/mol. The summed E-state index contributed by atoms with van der Waals surface area (Å²) >= 11 is 0. The predicted octanol–water partition coefficient (Wildman–Crippen LogP) is 2.18. The van der Waals surface area contributed by atoms with E-state index in [4.69, 9.17) is 4.74 Å². The van der Waals surface area contributed by atoms with Crippen LogP contribution in [0, 0.1) is 0 Å². The highest BCUT2D eigenvalue weighted by molar-refractivity contribution is 4.78. The van der Waals surface area contributed by atoms with E-state index in [1.54, 1.807) is 0 Å². The van der Waals surface area contributed by atoms with Crippen molar-refractivity contribution in [2.45, 2.75) is 63.5 Å². The summed E-state index contributed by atoms with van der Waals surface area (Å²) in [5, 5.41) is 9.24. The number of rotatable bonds is 5. The first-order valence-corrected chi connectivity index (χ1v) is 7.36. The van der Waals surface area contributed by atoms with E-state index in [0.29, 0.717) is 18.8 Å². The van der Waals surface area contributed by atoms with Crippen molar-refractivity contribution in [3.63, 3.8) is 0 Å². The Morgan fingerprint density at radius 2 is 1.76 bits per heavy atom. The van der Waals surface area contributed by atoms with Crippen molar-refractivity contribution < 1.29 is 9.84 Å². The molecule has 1 atom stereocenters. The number of likely N-dealkylation sites (tertiary alicyclic amines) is 1. The minimum atomic E-state index is 0.309. The van der Waals surface area contributed by atoms with Gasteiger partial charge in [0.2, 0.25) is 0 Å². The van der Waals surface area contributed by atoms with Gasteiger partial charge in [0.1, 0.15) is 0 Å². The van der Waals surface area contributed by atoms with Crippen molar-refractivity contribution >= 4 is 0 Å². The highest BCUT2D eigenvalue weighted by Crippen LogP contribution is 2.20. The molecule has 1 saturated heterocycles. The Morgan fingerprint density at radius 3 is 2.47 bits per heavy atom. The number of hydrogen-bond donors (Lipinski definition) is 1. The van der Waals surface area contributed by atoms with Gasteiger partial charge in [-0.2, -0.15) is 0 Å². The number of nitrogens with zero attached hydrogens (tertiary/aromatic N) is 1. The highest BCUT2D eigenvalue weighted by atomic mass is 16.5. The first-order chi connectivity index (χ1) is 8.40. The molecule has 1 N–H and O–H groups in total. The lowest BCUT2D eigenvalue weighted by Crippen LogP contribution is -2.35. The maximum absolute atomic E-state index is 9.24. The smallest absolute Gasteiger partial charge is 0.0597 e. The summed E-state index contributed by atoms with van der Waals surface area (Å²) in [7, 11) is 0. The normalized spacial score (nSPS) is 28.4. The fourth-order valence-corrected chi connectivity index (χ4v) is 3.14. The number of aliphatic hydroxyl groups is 1. The van der Waals surface area contributed by atoms with Crippen molar-refractivity contribution in [1.82, 2.24) is 4.90 Å². The quantitative estimate of drug-likeness (QED) is 0.749. The van der Waals surface area contributed by atoms with Gasteiger partial charge < -0.3 is 9.84 Å². The van der Waals surface area contributed by atoms with Gasteiger partial charge in [0.05, 0.1) is 19.3 Å². The molecular weight excluding hydrogens is 214 g/mol. The topological polar surface area (TPSA) is 32.7 Å². The molecule has 0 aromatic heterocycles. The molecule has 3 nitrogen and oxygen atoms in total. The zero-order chi connectivity index (χ0) is 11.9. The third kappa shape index (κ3) is 4.23. The molecule has 1 aliphatic heterocycles. The Hall–Kier alpha value is -0.120. The SMILES string of the molecule is OC[C@H]1CCCN1CCOC1CCCCCC1. The third-order valence-electron chi connectivity index (χ3n) is 4.24. The fraction of sp³-hybridized carbons (Fsp3) is 1.00. The summed E-state index contributed by atoms with van der Waals surface area (Å²) in [5.41, 5.74) is 0. The second-order valence-corrected chi connectivity index (χ2v) is 5.50. The Bertz CT molecular complexity index is 202. The van der Waals surface area contributed by atoms with Crippen LogP contribution in [0.5, 0.6) is 0 Å². The fourth-order valence-electron chi connectivity index (χ4n) is 3.14. The lowest BCUT2D eigenvalue weighted by atomic mass is 10.1. The van der Waals surface area contributed by atoms with Gasteiger partial charge in [0, 0.05) is 12.6 Å². The molecule has 0 unspecified atom stereocenters. The van der Waals surface area contributed by atoms with Crippen LogP contribution in [0.3, 0.4) is 0 Å². The minimum absolute atomic E-state index is 0.309. The molecule has 2 fully saturated rings. The van der Waals surface area contributed by atoms with Crippen molar-refractivity contribution in [2.24, 2.45) is 0 Å².